The van der Waals surface area contributed by atoms with E-state index < -0.39 is 10.0 Å². The van der Waals surface area contributed by atoms with E-state index in [1.54, 1.807) is 67.4 Å². The Kier molecular flexibility index (Phi) is 6.25. The molecular weight excluding hydrogens is 408 g/mol. The minimum atomic E-state index is -3.74. The summed E-state index contributed by atoms with van der Waals surface area (Å²) in [5.74, 6) is -0.217. The van der Waals surface area contributed by atoms with Crippen molar-refractivity contribution in [2.75, 3.05) is 11.8 Å². The third-order valence-electron chi connectivity index (χ3n) is 4.44. The molecule has 7 heteroatoms. The fraction of sp³-hybridized carbons (Fsp3) is 0.136. The molecular formula is C22H21ClN2O3S. The first-order valence-electron chi connectivity index (χ1n) is 8.95. The zero-order valence-corrected chi connectivity index (χ0v) is 17.7. The van der Waals surface area contributed by atoms with Gasteiger partial charge < -0.3 is 4.90 Å². The number of nitrogens with one attached hydrogen (secondary N) is 1. The van der Waals surface area contributed by atoms with Gasteiger partial charge >= 0.3 is 0 Å². The molecule has 3 aromatic rings. The van der Waals surface area contributed by atoms with Crippen molar-refractivity contribution in [3.63, 3.8) is 0 Å². The molecule has 0 aromatic heterocycles. The largest absolute Gasteiger partial charge is 0.337 e. The Labute approximate surface area is 176 Å². The van der Waals surface area contributed by atoms with Crippen molar-refractivity contribution < 1.29 is 13.2 Å². The van der Waals surface area contributed by atoms with Gasteiger partial charge in [0.25, 0.3) is 15.9 Å². The molecule has 0 aliphatic carbocycles. The molecule has 0 aliphatic rings. The first-order valence-corrected chi connectivity index (χ1v) is 10.8. The molecule has 0 fully saturated rings. The number of benzene rings is 3. The van der Waals surface area contributed by atoms with Crippen molar-refractivity contribution in [1.82, 2.24) is 4.90 Å². The summed E-state index contributed by atoms with van der Waals surface area (Å²) in [6, 6.07) is 20.4. The molecule has 1 amide bonds. The Morgan fingerprint density at radius 1 is 1.00 bits per heavy atom. The molecule has 0 heterocycles. The monoisotopic (exact) mass is 428 g/mol. The highest BCUT2D eigenvalue weighted by molar-refractivity contribution is 7.92. The number of anilines is 1. The maximum absolute atomic E-state index is 12.8. The van der Waals surface area contributed by atoms with E-state index in [1.165, 1.54) is 12.1 Å². The fourth-order valence-corrected chi connectivity index (χ4v) is 4.23. The van der Waals surface area contributed by atoms with Crippen molar-refractivity contribution in [3.8, 4) is 0 Å². The summed E-state index contributed by atoms with van der Waals surface area (Å²) in [6.07, 6.45) is 0. The van der Waals surface area contributed by atoms with Crippen LogP contribution in [0.25, 0.3) is 0 Å². The van der Waals surface area contributed by atoms with Crippen LogP contribution in [0.5, 0.6) is 0 Å². The van der Waals surface area contributed by atoms with Gasteiger partial charge in [-0.1, -0.05) is 48.0 Å². The van der Waals surface area contributed by atoms with Gasteiger partial charge in [0.05, 0.1) is 10.6 Å². The fourth-order valence-electron chi connectivity index (χ4n) is 2.87. The molecule has 0 saturated heterocycles. The summed E-state index contributed by atoms with van der Waals surface area (Å²) < 4.78 is 27.8. The number of aryl methyl sites for hydroxylation is 1. The van der Waals surface area contributed by atoms with Crippen LogP contribution in [0.1, 0.15) is 21.5 Å². The number of carbonyl (C=O) groups is 1. The van der Waals surface area contributed by atoms with Crippen LogP contribution in [-0.2, 0) is 16.6 Å². The van der Waals surface area contributed by atoms with Gasteiger partial charge in [0.2, 0.25) is 0 Å². The van der Waals surface area contributed by atoms with Gasteiger partial charge in [-0.15, -0.1) is 0 Å². The van der Waals surface area contributed by atoms with E-state index in [2.05, 4.69) is 4.72 Å². The summed E-state index contributed by atoms with van der Waals surface area (Å²) >= 11 is 6.01. The lowest BCUT2D eigenvalue weighted by atomic mass is 10.1. The van der Waals surface area contributed by atoms with Gasteiger partial charge in [0.1, 0.15) is 0 Å². The normalized spacial score (nSPS) is 11.1. The summed E-state index contributed by atoms with van der Waals surface area (Å²) in [5, 5.41) is 0.608. The van der Waals surface area contributed by atoms with Crippen molar-refractivity contribution in [2.24, 2.45) is 0 Å². The number of carbonyl (C=O) groups excluding carboxylic acids is 1. The molecule has 0 radical (unpaired) electrons. The van der Waals surface area contributed by atoms with Gasteiger partial charge in [-0.2, -0.15) is 0 Å². The van der Waals surface area contributed by atoms with Crippen molar-refractivity contribution in [1.29, 1.82) is 0 Å². The average molecular weight is 429 g/mol. The quantitative estimate of drug-likeness (QED) is 0.617. The van der Waals surface area contributed by atoms with Crippen LogP contribution >= 0.6 is 11.6 Å². The van der Waals surface area contributed by atoms with E-state index in [-0.39, 0.29) is 10.8 Å². The van der Waals surface area contributed by atoms with Gasteiger partial charge in [0.15, 0.2) is 0 Å². The first-order chi connectivity index (χ1) is 13.8. The van der Waals surface area contributed by atoms with E-state index in [0.717, 1.165) is 11.1 Å². The molecule has 0 bridgehead atoms. The zero-order chi connectivity index (χ0) is 21.0. The van der Waals surface area contributed by atoms with Crippen molar-refractivity contribution >= 4 is 33.2 Å². The van der Waals surface area contributed by atoms with Crippen LogP contribution < -0.4 is 4.72 Å². The molecule has 0 atom stereocenters. The van der Waals surface area contributed by atoms with E-state index in [4.69, 9.17) is 11.6 Å². The number of hydrogen-bond acceptors (Lipinski definition) is 3. The molecule has 3 aromatic carbocycles. The predicted octanol–water partition coefficient (Wildman–Crippen LogP) is 4.72. The van der Waals surface area contributed by atoms with Gasteiger partial charge in [-0.05, 0) is 54.4 Å². The average Bonchev–Trinajstić information content (AvgIpc) is 2.69. The van der Waals surface area contributed by atoms with Crippen LogP contribution in [0, 0.1) is 6.92 Å². The molecule has 0 unspecified atom stereocenters. The number of hydrogen-bond donors (Lipinski definition) is 1. The molecule has 150 valence electrons. The van der Waals surface area contributed by atoms with Gasteiger partial charge in [0, 0.05) is 24.2 Å². The van der Waals surface area contributed by atoms with Gasteiger partial charge in [-0.25, -0.2) is 8.42 Å². The van der Waals surface area contributed by atoms with Crippen LogP contribution in [0.3, 0.4) is 0 Å². The second kappa shape index (κ2) is 8.68. The van der Waals surface area contributed by atoms with Crippen LogP contribution in [-0.4, -0.2) is 26.3 Å². The Hall–Kier alpha value is -2.83. The maximum Gasteiger partial charge on any atom is 0.261 e. The second-order valence-corrected chi connectivity index (χ2v) is 8.86. The van der Waals surface area contributed by atoms with Crippen molar-refractivity contribution in [3.05, 3.63) is 94.5 Å². The lowest BCUT2D eigenvalue weighted by Crippen LogP contribution is -2.26. The van der Waals surface area contributed by atoms with Gasteiger partial charge in [-0.3, -0.25) is 9.52 Å². The molecule has 5 nitrogen and oxygen atoms in total. The Morgan fingerprint density at radius 2 is 1.72 bits per heavy atom. The first kappa shape index (κ1) is 20.9. The lowest BCUT2D eigenvalue weighted by molar-refractivity contribution is 0.0785. The lowest BCUT2D eigenvalue weighted by Gasteiger charge is -2.19. The second-order valence-electron chi connectivity index (χ2n) is 6.74. The molecule has 29 heavy (non-hydrogen) atoms. The summed E-state index contributed by atoms with van der Waals surface area (Å²) in [6.45, 7) is 2.17. The Morgan fingerprint density at radius 3 is 2.41 bits per heavy atom. The highest BCUT2D eigenvalue weighted by Gasteiger charge is 2.18. The third-order valence-corrected chi connectivity index (χ3v) is 6.05. The van der Waals surface area contributed by atoms with Crippen LogP contribution in [0.2, 0.25) is 5.02 Å². The number of rotatable bonds is 6. The standard InChI is InChI=1S/C22H21ClN2O3S/c1-16-11-12-18(22(26)25(2)15-17-7-6-8-19(23)13-17)14-21(16)24-29(27,28)20-9-4-3-5-10-20/h3-14,24H,15H2,1-2H3. The number of amides is 1. The molecule has 1 N–H and O–H groups in total. The minimum absolute atomic E-state index is 0.161. The van der Waals surface area contributed by atoms with Crippen LogP contribution in [0.4, 0.5) is 5.69 Å². The molecule has 0 saturated carbocycles. The summed E-state index contributed by atoms with van der Waals surface area (Å²) in [7, 11) is -2.05. The zero-order valence-electron chi connectivity index (χ0n) is 16.1. The summed E-state index contributed by atoms with van der Waals surface area (Å²) in [4.78, 5) is 14.6. The maximum atomic E-state index is 12.8. The highest BCUT2D eigenvalue weighted by Crippen LogP contribution is 2.22. The minimum Gasteiger partial charge on any atom is -0.337 e. The van der Waals surface area contributed by atoms with E-state index in [0.29, 0.717) is 22.8 Å². The predicted molar refractivity (Wildman–Crippen MR) is 116 cm³/mol. The van der Waals surface area contributed by atoms with E-state index in [9.17, 15) is 13.2 Å². The van der Waals surface area contributed by atoms with Crippen LogP contribution in [0.15, 0.2) is 77.7 Å². The Bertz CT molecular complexity index is 1130. The smallest absolute Gasteiger partial charge is 0.261 e. The SMILES string of the molecule is Cc1ccc(C(=O)N(C)Cc2cccc(Cl)c2)cc1NS(=O)(=O)c1ccccc1. The highest BCUT2D eigenvalue weighted by atomic mass is 35.5. The number of sulfonamides is 1. The number of nitrogens with zero attached hydrogens (tertiary/aromatic N) is 1. The molecule has 0 aliphatic heterocycles. The topological polar surface area (TPSA) is 66.5 Å². The van der Waals surface area contributed by atoms with Crippen molar-refractivity contribution in [2.45, 2.75) is 18.4 Å². The van der Waals surface area contributed by atoms with E-state index in [1.807, 2.05) is 12.1 Å². The Balaban J connectivity index is 1.82. The molecule has 3 rings (SSSR count). The third kappa shape index (κ3) is 5.16. The van der Waals surface area contributed by atoms with E-state index >= 15 is 0 Å². The molecule has 0 spiro atoms. The summed E-state index contributed by atoms with van der Waals surface area (Å²) in [5.41, 5.74) is 2.39. The number of halogens is 1.